The number of thioether (sulfide) groups is 1. The zero-order valence-corrected chi connectivity index (χ0v) is 13.0. The maximum atomic E-state index is 12.6. The van der Waals surface area contributed by atoms with Gasteiger partial charge < -0.3 is 5.84 Å². The SMILES string of the molecule is Nn1c(SCc2ccc(Cl)c3cccnc23)nnc1C(F)(F)F. The number of benzene rings is 1. The predicted molar refractivity (Wildman–Crippen MR) is 81.5 cm³/mol. The van der Waals surface area contributed by atoms with Crippen LogP contribution in [0.25, 0.3) is 10.9 Å². The molecule has 0 saturated heterocycles. The van der Waals surface area contributed by atoms with Crippen LogP contribution in [0.2, 0.25) is 5.02 Å². The number of aromatic nitrogens is 4. The van der Waals surface area contributed by atoms with E-state index in [4.69, 9.17) is 17.4 Å². The molecule has 2 N–H and O–H groups in total. The molecule has 0 radical (unpaired) electrons. The van der Waals surface area contributed by atoms with Crippen LogP contribution in [0.1, 0.15) is 11.4 Å². The lowest BCUT2D eigenvalue weighted by atomic mass is 10.1. The van der Waals surface area contributed by atoms with E-state index in [0.29, 0.717) is 21.0 Å². The van der Waals surface area contributed by atoms with E-state index in [2.05, 4.69) is 15.2 Å². The van der Waals surface area contributed by atoms with Crippen molar-refractivity contribution in [1.82, 2.24) is 19.9 Å². The number of hydrogen-bond donors (Lipinski definition) is 1. The molecule has 0 spiro atoms. The Morgan fingerprint density at radius 3 is 2.70 bits per heavy atom. The van der Waals surface area contributed by atoms with Gasteiger partial charge in [-0.25, -0.2) is 4.68 Å². The molecule has 3 rings (SSSR count). The van der Waals surface area contributed by atoms with Crippen LogP contribution in [0, 0.1) is 0 Å². The first kappa shape index (κ1) is 15.9. The fraction of sp³-hybridized carbons (Fsp3) is 0.154. The average molecular weight is 360 g/mol. The lowest BCUT2D eigenvalue weighted by molar-refractivity contribution is -0.146. The number of hydrogen-bond acceptors (Lipinski definition) is 5. The molecule has 0 fully saturated rings. The number of fused-ring (bicyclic) bond motifs is 1. The molecular formula is C13H9ClF3N5S. The molecule has 23 heavy (non-hydrogen) atoms. The lowest BCUT2D eigenvalue weighted by Crippen LogP contribution is -2.21. The van der Waals surface area contributed by atoms with Gasteiger partial charge >= 0.3 is 6.18 Å². The molecule has 5 nitrogen and oxygen atoms in total. The van der Waals surface area contributed by atoms with Gasteiger partial charge in [0, 0.05) is 22.4 Å². The Morgan fingerprint density at radius 2 is 2.00 bits per heavy atom. The van der Waals surface area contributed by atoms with Gasteiger partial charge in [-0.05, 0) is 23.8 Å². The van der Waals surface area contributed by atoms with E-state index in [1.807, 2.05) is 6.07 Å². The van der Waals surface area contributed by atoms with Gasteiger partial charge in [0.1, 0.15) is 0 Å². The monoisotopic (exact) mass is 359 g/mol. The molecule has 0 amide bonds. The fourth-order valence-corrected chi connectivity index (χ4v) is 3.08. The Labute approximate surface area is 137 Å². The first-order valence-corrected chi connectivity index (χ1v) is 7.67. The topological polar surface area (TPSA) is 69.6 Å². The maximum absolute atomic E-state index is 12.6. The van der Waals surface area contributed by atoms with E-state index in [1.165, 1.54) is 0 Å². The van der Waals surface area contributed by atoms with Gasteiger partial charge in [-0.15, -0.1) is 10.2 Å². The highest BCUT2D eigenvalue weighted by atomic mass is 35.5. The second-order valence-electron chi connectivity index (χ2n) is 4.57. The van der Waals surface area contributed by atoms with Gasteiger partial charge in [0.25, 0.3) is 5.82 Å². The van der Waals surface area contributed by atoms with Gasteiger partial charge in [-0.1, -0.05) is 29.4 Å². The molecule has 3 aromatic rings. The molecule has 120 valence electrons. The molecule has 2 aromatic heterocycles. The van der Waals surface area contributed by atoms with Crippen molar-refractivity contribution in [2.24, 2.45) is 0 Å². The van der Waals surface area contributed by atoms with E-state index >= 15 is 0 Å². The Balaban J connectivity index is 1.88. The summed E-state index contributed by atoms with van der Waals surface area (Å²) in [6.45, 7) is 0. The minimum atomic E-state index is -4.64. The molecular weight excluding hydrogens is 351 g/mol. The highest BCUT2D eigenvalue weighted by Gasteiger charge is 2.38. The normalized spacial score (nSPS) is 12.0. The zero-order chi connectivity index (χ0) is 16.6. The Bertz CT molecular complexity index is 864. The van der Waals surface area contributed by atoms with Gasteiger partial charge in [0.05, 0.1) is 5.52 Å². The molecule has 10 heteroatoms. The van der Waals surface area contributed by atoms with Crippen molar-refractivity contribution in [3.63, 3.8) is 0 Å². The van der Waals surface area contributed by atoms with Crippen LogP contribution < -0.4 is 5.84 Å². The van der Waals surface area contributed by atoms with E-state index < -0.39 is 12.0 Å². The summed E-state index contributed by atoms with van der Waals surface area (Å²) < 4.78 is 38.4. The minimum Gasteiger partial charge on any atom is -0.335 e. The van der Waals surface area contributed by atoms with Crippen LogP contribution in [0.4, 0.5) is 13.2 Å². The summed E-state index contributed by atoms with van der Waals surface area (Å²) in [4.78, 5) is 4.27. The standard InChI is InChI=1S/C13H9ClF3N5S/c14-9-4-3-7(10-8(9)2-1-5-19-10)6-23-12-21-20-11(22(12)18)13(15,16)17/h1-5H,6,18H2. The average Bonchev–Trinajstić information content (AvgIpc) is 2.88. The van der Waals surface area contributed by atoms with Crippen molar-refractivity contribution < 1.29 is 13.2 Å². The molecule has 1 aromatic carbocycles. The number of nitrogens with two attached hydrogens (primary N) is 1. The summed E-state index contributed by atoms with van der Waals surface area (Å²) in [5.41, 5.74) is 1.50. The highest BCUT2D eigenvalue weighted by molar-refractivity contribution is 7.98. The summed E-state index contributed by atoms with van der Waals surface area (Å²) >= 11 is 7.15. The molecule has 0 unspecified atom stereocenters. The first-order chi connectivity index (χ1) is 10.9. The second-order valence-corrected chi connectivity index (χ2v) is 5.92. The Hall–Kier alpha value is -2.00. The maximum Gasteiger partial charge on any atom is 0.453 e. The zero-order valence-electron chi connectivity index (χ0n) is 11.4. The fourth-order valence-electron chi connectivity index (χ4n) is 2.02. The van der Waals surface area contributed by atoms with Crippen LogP contribution >= 0.6 is 23.4 Å². The molecule has 0 aliphatic rings. The van der Waals surface area contributed by atoms with Crippen LogP contribution in [0.3, 0.4) is 0 Å². The van der Waals surface area contributed by atoms with E-state index in [9.17, 15) is 13.2 Å². The molecule has 0 atom stereocenters. The molecule has 0 aliphatic carbocycles. The third-order valence-electron chi connectivity index (χ3n) is 3.07. The summed E-state index contributed by atoms with van der Waals surface area (Å²) in [6, 6.07) is 7.08. The number of rotatable bonds is 3. The van der Waals surface area contributed by atoms with Gasteiger partial charge in [0.2, 0.25) is 5.16 Å². The number of nitrogens with zero attached hydrogens (tertiary/aromatic N) is 4. The third kappa shape index (κ3) is 3.06. The van der Waals surface area contributed by atoms with Crippen LogP contribution in [0.15, 0.2) is 35.6 Å². The van der Waals surface area contributed by atoms with Gasteiger partial charge in [-0.2, -0.15) is 13.2 Å². The minimum absolute atomic E-state index is 0.0312. The summed E-state index contributed by atoms with van der Waals surface area (Å²) in [6.07, 6.45) is -3.02. The molecule has 0 saturated carbocycles. The molecule has 0 aliphatic heterocycles. The highest BCUT2D eigenvalue weighted by Crippen LogP contribution is 2.32. The van der Waals surface area contributed by atoms with Gasteiger partial charge in [0.15, 0.2) is 0 Å². The Kier molecular flexibility index (Phi) is 4.07. The smallest absolute Gasteiger partial charge is 0.335 e. The summed E-state index contributed by atoms with van der Waals surface area (Å²) in [7, 11) is 0. The van der Waals surface area contributed by atoms with E-state index in [1.54, 1.807) is 24.4 Å². The summed E-state index contributed by atoms with van der Waals surface area (Å²) in [5.74, 6) is 4.50. The van der Waals surface area contributed by atoms with Crippen molar-refractivity contribution in [3.8, 4) is 0 Å². The quantitative estimate of drug-likeness (QED) is 0.572. The molecule has 2 heterocycles. The first-order valence-electron chi connectivity index (χ1n) is 6.30. The molecule has 0 bridgehead atoms. The van der Waals surface area contributed by atoms with Crippen LogP contribution in [-0.4, -0.2) is 19.9 Å². The van der Waals surface area contributed by atoms with Gasteiger partial charge in [-0.3, -0.25) is 4.98 Å². The second kappa shape index (κ2) is 5.89. The number of halogens is 4. The van der Waals surface area contributed by atoms with E-state index in [-0.39, 0.29) is 5.16 Å². The summed E-state index contributed by atoms with van der Waals surface area (Å²) in [5, 5.41) is 7.86. The lowest BCUT2D eigenvalue weighted by Gasteiger charge is -2.08. The van der Waals surface area contributed by atoms with Crippen molar-refractivity contribution in [2.45, 2.75) is 17.1 Å². The van der Waals surface area contributed by atoms with Crippen molar-refractivity contribution >= 4 is 34.3 Å². The number of nitrogen functional groups attached to an aromatic ring is 1. The van der Waals surface area contributed by atoms with Crippen LogP contribution in [-0.2, 0) is 11.9 Å². The Morgan fingerprint density at radius 1 is 1.22 bits per heavy atom. The number of pyridine rings is 1. The third-order valence-corrected chi connectivity index (χ3v) is 4.40. The largest absolute Gasteiger partial charge is 0.453 e. The van der Waals surface area contributed by atoms with Crippen molar-refractivity contribution in [3.05, 3.63) is 46.9 Å². The van der Waals surface area contributed by atoms with Crippen molar-refractivity contribution in [2.75, 3.05) is 5.84 Å². The van der Waals surface area contributed by atoms with Crippen LogP contribution in [0.5, 0.6) is 0 Å². The predicted octanol–water partition coefficient (Wildman–Crippen LogP) is 3.50. The van der Waals surface area contributed by atoms with E-state index in [0.717, 1.165) is 22.7 Å². The number of alkyl halides is 3. The van der Waals surface area contributed by atoms with Crippen molar-refractivity contribution in [1.29, 1.82) is 0 Å².